The molecule has 7 heteroatoms. The van der Waals surface area contributed by atoms with Gasteiger partial charge in [-0.25, -0.2) is 4.79 Å². The lowest BCUT2D eigenvalue weighted by atomic mass is 10.1. The molecule has 1 heterocycles. The van der Waals surface area contributed by atoms with Gasteiger partial charge in [-0.1, -0.05) is 12.1 Å². The third kappa shape index (κ3) is 4.11. The molecule has 6 nitrogen and oxygen atoms in total. The molecule has 1 aromatic carbocycles. The molecule has 0 aliphatic carbocycles. The number of hydrogen-bond acceptors (Lipinski definition) is 6. The summed E-state index contributed by atoms with van der Waals surface area (Å²) in [6.07, 6.45) is 1.41. The van der Waals surface area contributed by atoms with Crippen LogP contribution in [0.1, 0.15) is 26.4 Å². The molecule has 1 aromatic heterocycles. The van der Waals surface area contributed by atoms with Crippen molar-refractivity contribution in [3.05, 3.63) is 56.8 Å². The second-order valence-corrected chi connectivity index (χ2v) is 5.85. The standard InChI is InChI=1S/C18H13N3O3S/c1-11-10-25-16(18(23)24-2)15(11)21-17(22)14(9-20)7-12-3-5-13(8-19)6-4-12/h3-7,10H,1-2H3,(H,21,22)/b14-7+. The molecule has 0 saturated carbocycles. The van der Waals surface area contributed by atoms with Gasteiger partial charge in [0, 0.05) is 0 Å². The van der Waals surface area contributed by atoms with E-state index in [2.05, 4.69) is 5.32 Å². The first kappa shape index (κ1) is 17.9. The maximum Gasteiger partial charge on any atom is 0.350 e. The van der Waals surface area contributed by atoms with E-state index >= 15 is 0 Å². The molecule has 2 aromatic rings. The highest BCUT2D eigenvalue weighted by molar-refractivity contribution is 7.12. The fourth-order valence-corrected chi connectivity index (χ4v) is 2.91. The van der Waals surface area contributed by atoms with Gasteiger partial charge in [-0.3, -0.25) is 4.79 Å². The van der Waals surface area contributed by atoms with Crippen molar-refractivity contribution >= 4 is 35.0 Å². The van der Waals surface area contributed by atoms with E-state index in [9.17, 15) is 14.9 Å². The quantitative estimate of drug-likeness (QED) is 0.517. The predicted molar refractivity (Wildman–Crippen MR) is 93.8 cm³/mol. The van der Waals surface area contributed by atoms with E-state index in [-0.39, 0.29) is 10.5 Å². The number of esters is 1. The minimum atomic E-state index is -0.626. The normalized spacial score (nSPS) is 10.5. The lowest BCUT2D eigenvalue weighted by Gasteiger charge is -2.06. The second kappa shape index (κ2) is 7.91. The summed E-state index contributed by atoms with van der Waals surface area (Å²) in [5.74, 6) is -1.18. The summed E-state index contributed by atoms with van der Waals surface area (Å²) in [7, 11) is 1.26. The molecule has 25 heavy (non-hydrogen) atoms. The summed E-state index contributed by atoms with van der Waals surface area (Å²) in [6.45, 7) is 1.74. The highest BCUT2D eigenvalue weighted by Gasteiger charge is 2.20. The number of nitrogens with zero attached hydrogens (tertiary/aromatic N) is 2. The van der Waals surface area contributed by atoms with Crippen molar-refractivity contribution in [2.45, 2.75) is 6.92 Å². The van der Waals surface area contributed by atoms with Crippen LogP contribution < -0.4 is 5.32 Å². The van der Waals surface area contributed by atoms with Crippen molar-refractivity contribution in [1.29, 1.82) is 10.5 Å². The molecule has 0 spiro atoms. The number of aryl methyl sites for hydroxylation is 1. The number of anilines is 1. The molecule has 0 unspecified atom stereocenters. The third-order valence-corrected chi connectivity index (χ3v) is 4.38. The average molecular weight is 351 g/mol. The Kier molecular flexibility index (Phi) is 5.67. The van der Waals surface area contributed by atoms with Gasteiger partial charge < -0.3 is 10.1 Å². The van der Waals surface area contributed by atoms with Crippen molar-refractivity contribution in [3.8, 4) is 12.1 Å². The van der Waals surface area contributed by atoms with E-state index in [4.69, 9.17) is 10.00 Å². The van der Waals surface area contributed by atoms with Crippen LogP contribution in [-0.4, -0.2) is 19.0 Å². The van der Waals surface area contributed by atoms with Crippen molar-refractivity contribution in [3.63, 3.8) is 0 Å². The van der Waals surface area contributed by atoms with E-state index in [0.717, 1.165) is 11.3 Å². The van der Waals surface area contributed by atoms with Crippen LogP contribution in [0, 0.1) is 29.6 Å². The molecular formula is C18H13N3O3S. The number of thiophene rings is 1. The predicted octanol–water partition coefficient (Wildman–Crippen LogP) is 3.26. The van der Waals surface area contributed by atoms with Gasteiger partial charge in [-0.2, -0.15) is 10.5 Å². The van der Waals surface area contributed by atoms with Gasteiger partial charge in [0.05, 0.1) is 24.4 Å². The van der Waals surface area contributed by atoms with E-state index in [1.165, 1.54) is 13.2 Å². The highest BCUT2D eigenvalue weighted by atomic mass is 32.1. The zero-order chi connectivity index (χ0) is 18.4. The molecule has 0 saturated heterocycles. The minimum absolute atomic E-state index is 0.119. The van der Waals surface area contributed by atoms with Crippen molar-refractivity contribution in [2.24, 2.45) is 0 Å². The number of amides is 1. The third-order valence-electron chi connectivity index (χ3n) is 3.30. The Morgan fingerprint density at radius 3 is 2.48 bits per heavy atom. The Hall–Kier alpha value is -3.42. The largest absolute Gasteiger partial charge is 0.465 e. The molecule has 124 valence electrons. The molecule has 2 rings (SSSR count). The summed E-state index contributed by atoms with van der Waals surface area (Å²) in [5, 5.41) is 22.4. The molecule has 1 N–H and O–H groups in total. The molecular weight excluding hydrogens is 338 g/mol. The first-order valence-corrected chi connectivity index (χ1v) is 7.97. The zero-order valence-corrected chi connectivity index (χ0v) is 14.3. The number of carbonyl (C=O) groups is 2. The highest BCUT2D eigenvalue weighted by Crippen LogP contribution is 2.28. The van der Waals surface area contributed by atoms with Gasteiger partial charge in [0.15, 0.2) is 0 Å². The molecule has 1 amide bonds. The first-order chi connectivity index (χ1) is 12.0. The smallest absolute Gasteiger partial charge is 0.350 e. The number of benzene rings is 1. The maximum absolute atomic E-state index is 12.4. The van der Waals surface area contributed by atoms with Crippen LogP contribution in [0.5, 0.6) is 0 Å². The number of carbonyl (C=O) groups excluding carboxylic acids is 2. The molecule has 0 bridgehead atoms. The summed E-state index contributed by atoms with van der Waals surface area (Å²) >= 11 is 1.16. The molecule has 0 radical (unpaired) electrons. The maximum atomic E-state index is 12.4. The second-order valence-electron chi connectivity index (χ2n) is 4.97. The fraction of sp³-hybridized carbons (Fsp3) is 0.111. The number of methoxy groups -OCH3 is 1. The first-order valence-electron chi connectivity index (χ1n) is 7.10. The van der Waals surface area contributed by atoms with Crippen LogP contribution in [0.25, 0.3) is 6.08 Å². The SMILES string of the molecule is COC(=O)c1scc(C)c1NC(=O)/C(C#N)=C/c1ccc(C#N)cc1. The van der Waals surface area contributed by atoms with E-state index in [1.54, 1.807) is 36.6 Å². The van der Waals surface area contributed by atoms with E-state index in [0.29, 0.717) is 22.4 Å². The van der Waals surface area contributed by atoms with Gasteiger partial charge in [-0.05, 0) is 41.6 Å². The molecule has 0 aliphatic rings. The van der Waals surface area contributed by atoms with Crippen molar-refractivity contribution in [1.82, 2.24) is 0 Å². The fourth-order valence-electron chi connectivity index (χ4n) is 1.99. The minimum Gasteiger partial charge on any atom is -0.465 e. The van der Waals surface area contributed by atoms with Crippen LogP contribution in [0.15, 0.2) is 35.2 Å². The van der Waals surface area contributed by atoms with E-state index < -0.39 is 11.9 Å². The van der Waals surface area contributed by atoms with Gasteiger partial charge in [0.2, 0.25) is 0 Å². The molecule has 0 atom stereocenters. The molecule has 0 fully saturated rings. The van der Waals surface area contributed by atoms with Crippen LogP contribution in [0.4, 0.5) is 5.69 Å². The number of nitriles is 2. The van der Waals surface area contributed by atoms with Crippen LogP contribution >= 0.6 is 11.3 Å². The Morgan fingerprint density at radius 1 is 1.24 bits per heavy atom. The monoisotopic (exact) mass is 351 g/mol. The summed E-state index contributed by atoms with van der Waals surface area (Å²) < 4.78 is 4.69. The zero-order valence-electron chi connectivity index (χ0n) is 13.5. The molecule has 0 aliphatic heterocycles. The number of hydrogen-bond donors (Lipinski definition) is 1. The Labute approximate surface area is 148 Å². The summed E-state index contributed by atoms with van der Waals surface area (Å²) in [6, 6.07) is 10.3. The average Bonchev–Trinajstić information content (AvgIpc) is 3.00. The van der Waals surface area contributed by atoms with Gasteiger partial charge in [0.1, 0.15) is 16.5 Å². The van der Waals surface area contributed by atoms with Gasteiger partial charge in [0.25, 0.3) is 5.91 Å². The Balaban J connectivity index is 2.28. The lowest BCUT2D eigenvalue weighted by Crippen LogP contribution is -2.16. The number of nitrogens with one attached hydrogen (secondary N) is 1. The van der Waals surface area contributed by atoms with E-state index in [1.807, 2.05) is 12.1 Å². The van der Waals surface area contributed by atoms with Crippen molar-refractivity contribution in [2.75, 3.05) is 12.4 Å². The lowest BCUT2D eigenvalue weighted by molar-refractivity contribution is -0.112. The van der Waals surface area contributed by atoms with Crippen LogP contribution in [0.2, 0.25) is 0 Å². The van der Waals surface area contributed by atoms with Gasteiger partial charge >= 0.3 is 5.97 Å². The van der Waals surface area contributed by atoms with Crippen LogP contribution in [-0.2, 0) is 9.53 Å². The Morgan fingerprint density at radius 2 is 1.92 bits per heavy atom. The van der Waals surface area contributed by atoms with Crippen LogP contribution in [0.3, 0.4) is 0 Å². The Bertz CT molecular complexity index is 928. The van der Waals surface area contributed by atoms with Crippen molar-refractivity contribution < 1.29 is 14.3 Å². The number of ether oxygens (including phenoxy) is 1. The van der Waals surface area contributed by atoms with Gasteiger partial charge in [-0.15, -0.1) is 11.3 Å². The number of rotatable bonds is 4. The summed E-state index contributed by atoms with van der Waals surface area (Å²) in [5.41, 5.74) is 2.01. The summed E-state index contributed by atoms with van der Waals surface area (Å²) in [4.78, 5) is 24.4. The topological polar surface area (TPSA) is 103 Å².